The fourth-order valence-electron chi connectivity index (χ4n) is 2.69. The van der Waals surface area contributed by atoms with Gasteiger partial charge in [-0.2, -0.15) is 0 Å². The maximum Gasteiger partial charge on any atom is 0.324 e. The summed E-state index contributed by atoms with van der Waals surface area (Å²) in [5.41, 5.74) is 5.07. The number of para-hydroxylation sites is 2. The molecule has 3 aromatic rings. The smallest absolute Gasteiger partial charge is 0.324 e. The van der Waals surface area contributed by atoms with Gasteiger partial charge in [0.05, 0.1) is 17.2 Å². The second-order valence-corrected chi connectivity index (χ2v) is 5.59. The summed E-state index contributed by atoms with van der Waals surface area (Å²) in [6, 6.07) is 14.2. The number of carbonyl (C=O) groups excluding carboxylic acids is 1. The molecule has 1 heterocycles. The monoisotopic (exact) mass is 326 g/mol. The first-order valence-electron chi connectivity index (χ1n) is 7.92. The van der Waals surface area contributed by atoms with Gasteiger partial charge in [-0.25, -0.2) is 4.39 Å². The van der Waals surface area contributed by atoms with E-state index in [0.29, 0.717) is 12.1 Å². The van der Waals surface area contributed by atoms with E-state index < -0.39 is 0 Å². The zero-order chi connectivity index (χ0) is 17.1. The van der Waals surface area contributed by atoms with Crippen LogP contribution in [-0.4, -0.2) is 10.5 Å². The summed E-state index contributed by atoms with van der Waals surface area (Å²) in [7, 11) is 0. The van der Waals surface area contributed by atoms with Crippen LogP contribution in [0.4, 0.5) is 4.39 Å². The van der Waals surface area contributed by atoms with Crippen molar-refractivity contribution < 1.29 is 14.0 Å². The Morgan fingerprint density at radius 3 is 2.67 bits per heavy atom. The number of halogens is 1. The first kappa shape index (κ1) is 16.2. The lowest BCUT2D eigenvalue weighted by Crippen LogP contribution is -2.22. The highest BCUT2D eigenvalue weighted by Crippen LogP contribution is 2.29. The average Bonchev–Trinajstić information content (AvgIpc) is 2.99. The van der Waals surface area contributed by atoms with Crippen molar-refractivity contribution in [1.82, 2.24) is 10.0 Å². The van der Waals surface area contributed by atoms with Gasteiger partial charge in [0, 0.05) is 18.0 Å². The summed E-state index contributed by atoms with van der Waals surface area (Å²) in [5.74, 6) is -0.609. The third-order valence-corrected chi connectivity index (χ3v) is 3.96. The summed E-state index contributed by atoms with van der Waals surface area (Å²) in [4.78, 5) is 16.4. The molecule has 0 spiro atoms. The Kier molecular flexibility index (Phi) is 4.62. The van der Waals surface area contributed by atoms with Gasteiger partial charge >= 0.3 is 5.97 Å². The second kappa shape index (κ2) is 6.84. The number of hydroxylamine groups is 1. The lowest BCUT2D eigenvalue weighted by atomic mass is 10.1. The van der Waals surface area contributed by atoms with Crippen LogP contribution in [0.5, 0.6) is 0 Å². The zero-order valence-corrected chi connectivity index (χ0v) is 13.6. The van der Waals surface area contributed by atoms with Crippen LogP contribution >= 0.6 is 0 Å². The number of nitrogens with one attached hydrogen (secondary N) is 1. The number of nitrogens with zero attached hydrogens (tertiary/aromatic N) is 1. The van der Waals surface area contributed by atoms with E-state index in [4.69, 9.17) is 4.84 Å². The van der Waals surface area contributed by atoms with Gasteiger partial charge in [0.15, 0.2) is 0 Å². The van der Waals surface area contributed by atoms with Gasteiger partial charge in [0.25, 0.3) is 0 Å². The number of hydrogen-bond acceptors (Lipinski definition) is 3. The summed E-state index contributed by atoms with van der Waals surface area (Å²) >= 11 is 0. The van der Waals surface area contributed by atoms with E-state index in [1.165, 1.54) is 6.07 Å². The number of hydrogen-bond donors (Lipinski definition) is 1. The Morgan fingerprint density at radius 2 is 1.92 bits per heavy atom. The number of carbonyl (C=O) groups is 1. The van der Waals surface area contributed by atoms with Crippen LogP contribution in [0, 0.1) is 5.82 Å². The van der Waals surface area contributed by atoms with E-state index in [1.54, 1.807) is 25.1 Å². The topological polar surface area (TPSA) is 43.3 Å². The molecule has 0 saturated heterocycles. The van der Waals surface area contributed by atoms with Gasteiger partial charge < -0.3 is 9.40 Å². The molecule has 0 saturated carbocycles. The van der Waals surface area contributed by atoms with Gasteiger partial charge in [-0.3, -0.25) is 4.79 Å². The molecule has 0 aliphatic heterocycles. The summed E-state index contributed by atoms with van der Waals surface area (Å²) in [6.45, 7) is 3.63. The molecule has 124 valence electrons. The normalized spacial score (nSPS) is 12.3. The average molecular weight is 326 g/mol. The third kappa shape index (κ3) is 3.03. The van der Waals surface area contributed by atoms with Crippen molar-refractivity contribution in [3.8, 4) is 5.69 Å². The van der Waals surface area contributed by atoms with Gasteiger partial charge in [-0.15, -0.1) is 5.48 Å². The molecular formula is C19H19FN2O2. The van der Waals surface area contributed by atoms with Crippen molar-refractivity contribution in [3.05, 3.63) is 66.1 Å². The molecule has 5 heteroatoms. The molecule has 4 nitrogen and oxygen atoms in total. The summed E-state index contributed by atoms with van der Waals surface area (Å²) in [5, 5.41) is 0.980. The lowest BCUT2D eigenvalue weighted by molar-refractivity contribution is -0.152. The van der Waals surface area contributed by atoms with Crippen LogP contribution in [0.1, 0.15) is 31.9 Å². The molecule has 24 heavy (non-hydrogen) atoms. The van der Waals surface area contributed by atoms with E-state index in [9.17, 15) is 9.18 Å². The van der Waals surface area contributed by atoms with Crippen molar-refractivity contribution >= 4 is 16.9 Å². The third-order valence-electron chi connectivity index (χ3n) is 3.96. The molecule has 0 aliphatic rings. The van der Waals surface area contributed by atoms with Gasteiger partial charge in [0.1, 0.15) is 5.82 Å². The fourth-order valence-corrected chi connectivity index (χ4v) is 2.69. The molecule has 0 aliphatic carbocycles. The highest BCUT2D eigenvalue weighted by atomic mass is 19.1. The van der Waals surface area contributed by atoms with Crippen LogP contribution in [0.15, 0.2) is 54.7 Å². The van der Waals surface area contributed by atoms with Gasteiger partial charge in [0.2, 0.25) is 0 Å². The Morgan fingerprint density at radius 1 is 1.21 bits per heavy atom. The minimum Gasteiger partial charge on any atom is -0.370 e. The maximum absolute atomic E-state index is 14.2. The van der Waals surface area contributed by atoms with E-state index >= 15 is 0 Å². The Labute approximate surface area is 139 Å². The highest BCUT2D eigenvalue weighted by Gasteiger charge is 2.17. The molecule has 0 bridgehead atoms. The standard InChI is InChI=1S/C19H19FN2O2/c1-3-19(23)24-21-13(2)15-12-22(17-10-6-4-8-14(15)17)18-11-7-5-9-16(18)20/h4-13,21H,3H2,1-2H3. The summed E-state index contributed by atoms with van der Waals surface area (Å²) < 4.78 is 16.0. The van der Waals surface area contributed by atoms with E-state index in [0.717, 1.165) is 16.5 Å². The van der Waals surface area contributed by atoms with Crippen molar-refractivity contribution in [2.75, 3.05) is 0 Å². The van der Waals surface area contributed by atoms with Gasteiger partial charge in [-0.1, -0.05) is 37.3 Å². The van der Waals surface area contributed by atoms with Crippen LogP contribution in [-0.2, 0) is 9.63 Å². The second-order valence-electron chi connectivity index (χ2n) is 5.59. The van der Waals surface area contributed by atoms with Crippen LogP contribution in [0.25, 0.3) is 16.6 Å². The first-order chi connectivity index (χ1) is 11.6. The van der Waals surface area contributed by atoms with E-state index in [2.05, 4.69) is 5.48 Å². The number of rotatable bonds is 5. The predicted molar refractivity (Wildman–Crippen MR) is 91.2 cm³/mol. The Hall–Kier alpha value is -2.66. The first-order valence-corrected chi connectivity index (χ1v) is 7.92. The maximum atomic E-state index is 14.2. The predicted octanol–water partition coefficient (Wildman–Crippen LogP) is 4.29. The molecule has 1 N–H and O–H groups in total. The molecule has 3 rings (SSSR count). The lowest BCUT2D eigenvalue weighted by Gasteiger charge is -2.12. The minimum atomic E-state index is -0.320. The molecule has 0 amide bonds. The van der Waals surface area contributed by atoms with Crippen molar-refractivity contribution in [1.29, 1.82) is 0 Å². The van der Waals surface area contributed by atoms with Crippen LogP contribution in [0.2, 0.25) is 0 Å². The number of benzene rings is 2. The largest absolute Gasteiger partial charge is 0.370 e. The van der Waals surface area contributed by atoms with Crippen molar-refractivity contribution in [2.45, 2.75) is 26.3 Å². The quantitative estimate of drug-likeness (QED) is 0.711. The minimum absolute atomic E-state index is 0.224. The molecular weight excluding hydrogens is 307 g/mol. The Bertz CT molecular complexity index is 873. The van der Waals surface area contributed by atoms with Crippen molar-refractivity contribution in [2.24, 2.45) is 0 Å². The Balaban J connectivity index is 2.04. The highest BCUT2D eigenvalue weighted by molar-refractivity contribution is 5.86. The molecule has 0 radical (unpaired) electrons. The molecule has 1 atom stereocenters. The zero-order valence-electron chi connectivity index (χ0n) is 13.6. The number of fused-ring (bicyclic) bond motifs is 1. The van der Waals surface area contributed by atoms with E-state index in [-0.39, 0.29) is 17.8 Å². The molecule has 2 aromatic carbocycles. The number of aromatic nitrogens is 1. The SMILES string of the molecule is CCC(=O)ONC(C)c1cn(-c2ccccc2F)c2ccccc12. The molecule has 1 unspecified atom stereocenters. The van der Waals surface area contributed by atoms with Crippen LogP contribution in [0.3, 0.4) is 0 Å². The van der Waals surface area contributed by atoms with E-state index in [1.807, 2.05) is 42.0 Å². The molecule has 0 fully saturated rings. The molecule has 1 aromatic heterocycles. The fraction of sp³-hybridized carbons (Fsp3) is 0.211. The van der Waals surface area contributed by atoms with Gasteiger partial charge in [-0.05, 0) is 30.7 Å². The van der Waals surface area contributed by atoms with Crippen molar-refractivity contribution in [3.63, 3.8) is 0 Å². The van der Waals surface area contributed by atoms with Crippen LogP contribution < -0.4 is 5.48 Å². The summed E-state index contributed by atoms with van der Waals surface area (Å²) in [6.07, 6.45) is 2.18.